The molecular weight excluding hydrogens is 302 g/mol. The normalized spacial score (nSPS) is 8.95. The summed E-state index contributed by atoms with van der Waals surface area (Å²) in [5.41, 5.74) is 1.82. The van der Waals surface area contributed by atoms with Crippen LogP contribution in [-0.4, -0.2) is 5.91 Å². The van der Waals surface area contributed by atoms with Crippen molar-refractivity contribution < 1.29 is 21.9 Å². The van der Waals surface area contributed by atoms with Crippen molar-refractivity contribution in [3.05, 3.63) is 96.1 Å². The van der Waals surface area contributed by atoms with Gasteiger partial charge in [0.1, 0.15) is 0 Å². The van der Waals surface area contributed by atoms with Crippen molar-refractivity contribution in [2.75, 3.05) is 0 Å². The van der Waals surface area contributed by atoms with Gasteiger partial charge in [0.05, 0.1) is 0 Å². The largest absolute Gasteiger partial charge is 0.748 e. The third-order valence-corrected chi connectivity index (χ3v) is 2.78. The molecule has 0 unspecified atom stereocenters. The second kappa shape index (κ2) is 9.76. The number of nitrogens with one attached hydrogen (secondary N) is 1. The van der Waals surface area contributed by atoms with E-state index >= 15 is 0 Å². The second-order valence-corrected chi connectivity index (χ2v) is 4.30. The molecule has 0 fully saturated rings. The summed E-state index contributed by atoms with van der Waals surface area (Å²) >= 11 is 0. The number of carbonyl (C=O) groups is 1. The number of hydrogen-bond donors (Lipinski definition) is 1. The van der Waals surface area contributed by atoms with Crippen molar-refractivity contribution in [3.63, 3.8) is 0 Å². The van der Waals surface area contributed by atoms with Gasteiger partial charge in [-0.2, -0.15) is 12.1 Å². The number of amides is 1. The van der Waals surface area contributed by atoms with E-state index in [0.717, 1.165) is 5.56 Å². The average Bonchev–Trinajstić information content (AvgIpc) is 3.20. The van der Waals surface area contributed by atoms with Gasteiger partial charge in [0.15, 0.2) is 5.91 Å². The predicted octanol–water partition coefficient (Wildman–Crippen LogP) is 3.74. The van der Waals surface area contributed by atoms with Crippen molar-refractivity contribution >= 4 is 5.91 Å². The fourth-order valence-corrected chi connectivity index (χ4v) is 1.73. The van der Waals surface area contributed by atoms with Crippen LogP contribution in [-0.2, 0) is 23.6 Å². The molecule has 3 aromatic rings. The van der Waals surface area contributed by atoms with Crippen LogP contribution >= 0.6 is 0 Å². The van der Waals surface area contributed by atoms with Crippen LogP contribution in [0.25, 0.3) is 0 Å². The number of rotatable bonds is 3. The standard InChI is InChI=1S/C13H12NO.C5H5.Fe/c15-13(12-8-4-5-9-12)14-10-11-6-2-1-3-7-11;1-2-4-5-3-1;/h1-9H,10H2,(H,14,15);1-5H;/q-1;-5;. The first kappa shape index (κ1) is 17.0. The second-order valence-electron chi connectivity index (χ2n) is 4.30. The van der Waals surface area contributed by atoms with E-state index in [0.29, 0.717) is 12.1 Å². The molecule has 3 heteroatoms. The SMILES string of the molecule is O=C(NCc1ccccc1)[c-]1cccc1.[Fe].[cH-]1[cH-][cH-][cH-][cH-]1. The molecule has 2 nitrogen and oxygen atoms in total. The van der Waals surface area contributed by atoms with E-state index in [1.54, 1.807) is 12.1 Å². The molecule has 0 spiro atoms. The Labute approximate surface area is 136 Å². The van der Waals surface area contributed by atoms with Gasteiger partial charge in [0, 0.05) is 23.6 Å². The molecule has 0 aromatic heterocycles. The summed E-state index contributed by atoms with van der Waals surface area (Å²) in [5, 5.41) is 2.86. The van der Waals surface area contributed by atoms with Crippen molar-refractivity contribution in [1.82, 2.24) is 5.32 Å². The molecule has 0 saturated heterocycles. The molecule has 0 atom stereocenters. The third kappa shape index (κ3) is 6.26. The van der Waals surface area contributed by atoms with Crippen LogP contribution < -0.4 is 5.32 Å². The number of carbonyl (C=O) groups excluding carboxylic acids is 1. The van der Waals surface area contributed by atoms with E-state index in [9.17, 15) is 4.79 Å². The van der Waals surface area contributed by atoms with Crippen LogP contribution in [0.5, 0.6) is 0 Å². The maximum atomic E-state index is 11.6. The number of benzene rings is 1. The number of hydrogen-bond acceptors (Lipinski definition) is 1. The van der Waals surface area contributed by atoms with Gasteiger partial charge < -0.3 is 35.6 Å². The quantitative estimate of drug-likeness (QED) is 0.578. The summed E-state index contributed by atoms with van der Waals surface area (Å²) in [6.07, 6.45) is 0. The summed E-state index contributed by atoms with van der Waals surface area (Å²) in [6, 6.07) is 27.2. The topological polar surface area (TPSA) is 29.1 Å². The van der Waals surface area contributed by atoms with Crippen LogP contribution in [0.2, 0.25) is 0 Å². The summed E-state index contributed by atoms with van der Waals surface area (Å²) in [4.78, 5) is 11.6. The minimum Gasteiger partial charge on any atom is -0.748 e. The maximum absolute atomic E-state index is 11.6. The Kier molecular flexibility index (Phi) is 7.88. The molecule has 114 valence electrons. The van der Waals surface area contributed by atoms with E-state index in [1.807, 2.05) is 72.8 Å². The molecule has 1 N–H and O–H groups in total. The van der Waals surface area contributed by atoms with Gasteiger partial charge in [-0.15, -0.1) is 0 Å². The molecular formula is C18H17FeNO-6. The van der Waals surface area contributed by atoms with E-state index < -0.39 is 0 Å². The summed E-state index contributed by atoms with van der Waals surface area (Å²) in [7, 11) is 0. The van der Waals surface area contributed by atoms with Crippen LogP contribution in [0.15, 0.2) is 84.9 Å². The molecule has 0 aliphatic carbocycles. The first-order valence-corrected chi connectivity index (χ1v) is 6.57. The zero-order valence-corrected chi connectivity index (χ0v) is 12.7. The third-order valence-electron chi connectivity index (χ3n) is 2.78. The van der Waals surface area contributed by atoms with Gasteiger partial charge in [0.2, 0.25) is 0 Å². The Morgan fingerprint density at radius 3 is 1.95 bits per heavy atom. The van der Waals surface area contributed by atoms with Crippen molar-refractivity contribution in [2.45, 2.75) is 6.54 Å². The molecule has 0 aliphatic rings. The minimum atomic E-state index is -0.0242. The molecule has 21 heavy (non-hydrogen) atoms. The van der Waals surface area contributed by atoms with Crippen LogP contribution in [0.1, 0.15) is 15.9 Å². The van der Waals surface area contributed by atoms with Crippen molar-refractivity contribution in [2.24, 2.45) is 0 Å². The van der Waals surface area contributed by atoms with Crippen LogP contribution in [0.3, 0.4) is 0 Å². The Morgan fingerprint density at radius 1 is 0.905 bits per heavy atom. The molecule has 0 heterocycles. The zero-order chi connectivity index (χ0) is 14.0. The van der Waals surface area contributed by atoms with E-state index in [1.165, 1.54) is 0 Å². The molecule has 3 rings (SSSR count). The zero-order valence-electron chi connectivity index (χ0n) is 11.6. The van der Waals surface area contributed by atoms with E-state index in [4.69, 9.17) is 0 Å². The van der Waals surface area contributed by atoms with Gasteiger partial charge in [-0.3, -0.25) is 4.79 Å². The Balaban J connectivity index is 0.000000313. The van der Waals surface area contributed by atoms with Gasteiger partial charge in [-0.25, -0.2) is 12.1 Å². The monoisotopic (exact) mass is 319 g/mol. The maximum Gasteiger partial charge on any atom is 0.195 e. The Bertz CT molecular complexity index is 568. The fourth-order valence-electron chi connectivity index (χ4n) is 1.73. The Hall–Kier alpha value is -2.09. The molecule has 0 bridgehead atoms. The van der Waals surface area contributed by atoms with Crippen LogP contribution in [0, 0.1) is 0 Å². The summed E-state index contributed by atoms with van der Waals surface area (Å²) < 4.78 is 0. The first-order chi connectivity index (χ1) is 9.86. The Morgan fingerprint density at radius 2 is 1.43 bits per heavy atom. The predicted molar refractivity (Wildman–Crippen MR) is 81.7 cm³/mol. The fraction of sp³-hybridized carbons (Fsp3) is 0.0556. The van der Waals surface area contributed by atoms with E-state index in [2.05, 4.69) is 5.32 Å². The molecule has 0 aliphatic heterocycles. The smallest absolute Gasteiger partial charge is 0.195 e. The molecule has 0 saturated carbocycles. The van der Waals surface area contributed by atoms with E-state index in [-0.39, 0.29) is 23.0 Å². The van der Waals surface area contributed by atoms with Gasteiger partial charge in [-0.05, 0) is 5.56 Å². The van der Waals surface area contributed by atoms with Crippen molar-refractivity contribution in [3.8, 4) is 0 Å². The van der Waals surface area contributed by atoms with Gasteiger partial charge >= 0.3 is 0 Å². The average molecular weight is 319 g/mol. The minimum absolute atomic E-state index is 0. The summed E-state index contributed by atoms with van der Waals surface area (Å²) in [5.74, 6) is -0.0242. The van der Waals surface area contributed by atoms with Gasteiger partial charge in [0.25, 0.3) is 0 Å². The first-order valence-electron chi connectivity index (χ1n) is 6.57. The molecule has 1 amide bonds. The molecule has 3 aromatic carbocycles. The van der Waals surface area contributed by atoms with Crippen molar-refractivity contribution in [1.29, 1.82) is 0 Å². The summed E-state index contributed by atoms with van der Waals surface area (Å²) in [6.45, 7) is 0.574. The molecule has 0 radical (unpaired) electrons. The van der Waals surface area contributed by atoms with Crippen LogP contribution in [0.4, 0.5) is 0 Å². The van der Waals surface area contributed by atoms with Gasteiger partial charge in [-0.1, -0.05) is 35.9 Å².